The van der Waals surface area contributed by atoms with Crippen molar-refractivity contribution in [2.75, 3.05) is 6.54 Å². The van der Waals surface area contributed by atoms with Crippen molar-refractivity contribution in [2.24, 2.45) is 5.73 Å². The van der Waals surface area contributed by atoms with Crippen molar-refractivity contribution in [2.45, 2.75) is 50.5 Å². The van der Waals surface area contributed by atoms with Gasteiger partial charge in [0.1, 0.15) is 0 Å². The molecule has 1 aromatic rings. The monoisotopic (exact) mass is 243 g/mol. The molecule has 0 amide bonds. The van der Waals surface area contributed by atoms with Crippen molar-refractivity contribution in [1.29, 1.82) is 0 Å². The molecule has 0 radical (unpaired) electrons. The van der Waals surface area contributed by atoms with Gasteiger partial charge in [0.05, 0.1) is 5.75 Å². The van der Waals surface area contributed by atoms with Gasteiger partial charge in [0, 0.05) is 11.2 Å². The summed E-state index contributed by atoms with van der Waals surface area (Å²) >= 11 is 1.86. The Balaban J connectivity index is 2.45. The third-order valence-electron chi connectivity index (χ3n) is 2.58. The molecule has 1 heterocycles. The molecule has 5 heteroatoms. The largest absolute Gasteiger partial charge is 0.339 e. The fraction of sp³-hybridized carbons (Fsp3) is 0.818. The van der Waals surface area contributed by atoms with Gasteiger partial charge < -0.3 is 10.3 Å². The maximum absolute atomic E-state index is 5.50. The van der Waals surface area contributed by atoms with E-state index in [9.17, 15) is 0 Å². The maximum atomic E-state index is 5.50. The van der Waals surface area contributed by atoms with Crippen LogP contribution in [0.25, 0.3) is 0 Å². The number of rotatable bonds is 7. The summed E-state index contributed by atoms with van der Waals surface area (Å²) in [5.74, 6) is 2.60. The Morgan fingerprint density at radius 3 is 2.81 bits per heavy atom. The lowest BCUT2D eigenvalue weighted by Crippen LogP contribution is -2.04. The molecule has 2 N–H and O–H groups in total. The molecule has 0 saturated carbocycles. The predicted octanol–water partition coefficient (Wildman–Crippen LogP) is 2.55. The van der Waals surface area contributed by atoms with E-state index in [1.807, 2.05) is 11.8 Å². The standard InChI is InChI=1S/C11H21N3OS/c1-4-9(3)16-7-10-13-11(15-14-10)8(2)5-6-12/h8-9H,4-7,12H2,1-3H3. The van der Waals surface area contributed by atoms with Crippen LogP contribution in [-0.4, -0.2) is 21.9 Å². The van der Waals surface area contributed by atoms with Gasteiger partial charge in [-0.1, -0.05) is 25.9 Å². The first-order valence-corrected chi connectivity index (χ1v) is 6.86. The summed E-state index contributed by atoms with van der Waals surface area (Å²) in [6.07, 6.45) is 2.05. The van der Waals surface area contributed by atoms with E-state index in [-0.39, 0.29) is 5.92 Å². The Labute approximate surface area is 101 Å². The topological polar surface area (TPSA) is 64.9 Å². The van der Waals surface area contributed by atoms with Crippen molar-refractivity contribution in [3.05, 3.63) is 11.7 Å². The molecule has 2 atom stereocenters. The normalized spacial score (nSPS) is 15.0. The summed E-state index contributed by atoms with van der Waals surface area (Å²) in [4.78, 5) is 4.38. The predicted molar refractivity (Wildman–Crippen MR) is 67.4 cm³/mol. The molecular formula is C11H21N3OS. The Morgan fingerprint density at radius 2 is 2.19 bits per heavy atom. The van der Waals surface area contributed by atoms with Crippen molar-refractivity contribution >= 4 is 11.8 Å². The lowest BCUT2D eigenvalue weighted by atomic mass is 10.1. The van der Waals surface area contributed by atoms with E-state index < -0.39 is 0 Å². The fourth-order valence-electron chi connectivity index (χ4n) is 1.23. The minimum atomic E-state index is 0.264. The highest BCUT2D eigenvalue weighted by Gasteiger charge is 2.13. The Kier molecular flexibility index (Phi) is 5.84. The molecule has 2 unspecified atom stereocenters. The van der Waals surface area contributed by atoms with E-state index in [0.717, 1.165) is 18.0 Å². The Hall–Kier alpha value is -0.550. The van der Waals surface area contributed by atoms with Crippen molar-refractivity contribution < 1.29 is 4.52 Å². The highest BCUT2D eigenvalue weighted by Crippen LogP contribution is 2.20. The van der Waals surface area contributed by atoms with Crippen molar-refractivity contribution in [1.82, 2.24) is 10.1 Å². The number of thioether (sulfide) groups is 1. The average molecular weight is 243 g/mol. The second-order valence-electron chi connectivity index (χ2n) is 4.06. The van der Waals surface area contributed by atoms with Crippen molar-refractivity contribution in [3.63, 3.8) is 0 Å². The zero-order valence-corrected chi connectivity index (χ0v) is 11.1. The zero-order valence-electron chi connectivity index (χ0n) is 10.3. The molecule has 92 valence electrons. The fourth-order valence-corrected chi connectivity index (χ4v) is 2.02. The van der Waals surface area contributed by atoms with Crippen LogP contribution < -0.4 is 5.73 Å². The molecule has 0 aromatic carbocycles. The molecule has 0 saturated heterocycles. The summed E-state index contributed by atoms with van der Waals surface area (Å²) in [5, 5.41) is 4.62. The highest BCUT2D eigenvalue weighted by molar-refractivity contribution is 7.99. The summed E-state index contributed by atoms with van der Waals surface area (Å²) in [6, 6.07) is 0. The zero-order chi connectivity index (χ0) is 12.0. The van der Waals surface area contributed by atoms with Crippen LogP contribution in [0.3, 0.4) is 0 Å². The number of aromatic nitrogens is 2. The van der Waals surface area contributed by atoms with Gasteiger partial charge in [0.2, 0.25) is 5.89 Å². The highest BCUT2D eigenvalue weighted by atomic mass is 32.2. The van der Waals surface area contributed by atoms with Gasteiger partial charge >= 0.3 is 0 Å². The summed E-state index contributed by atoms with van der Waals surface area (Å²) in [5.41, 5.74) is 5.50. The molecule has 0 fully saturated rings. The molecule has 0 spiro atoms. The number of nitrogens with two attached hydrogens (primary N) is 1. The van der Waals surface area contributed by atoms with Crippen molar-refractivity contribution in [3.8, 4) is 0 Å². The first-order valence-electron chi connectivity index (χ1n) is 5.81. The Bertz CT molecular complexity index is 303. The van der Waals surface area contributed by atoms with Crippen LogP contribution in [0.1, 0.15) is 51.2 Å². The minimum Gasteiger partial charge on any atom is -0.339 e. The summed E-state index contributed by atoms with van der Waals surface area (Å²) in [6.45, 7) is 7.11. The van der Waals surface area contributed by atoms with Crippen LogP contribution in [0.5, 0.6) is 0 Å². The number of hydrogen-bond acceptors (Lipinski definition) is 5. The lowest BCUT2D eigenvalue weighted by molar-refractivity contribution is 0.352. The molecule has 16 heavy (non-hydrogen) atoms. The third-order valence-corrected chi connectivity index (χ3v) is 3.90. The van der Waals surface area contributed by atoms with Crippen LogP contribution >= 0.6 is 11.8 Å². The molecule has 0 aliphatic heterocycles. The molecule has 1 rings (SSSR count). The van der Waals surface area contributed by atoms with E-state index in [1.165, 1.54) is 6.42 Å². The second-order valence-corrected chi connectivity index (χ2v) is 5.48. The smallest absolute Gasteiger partial charge is 0.229 e. The van der Waals surface area contributed by atoms with E-state index in [4.69, 9.17) is 10.3 Å². The third kappa shape index (κ3) is 4.14. The number of hydrogen-bond donors (Lipinski definition) is 1. The van der Waals surface area contributed by atoms with Crippen LogP contribution in [0.4, 0.5) is 0 Å². The molecule has 0 bridgehead atoms. The lowest BCUT2D eigenvalue weighted by Gasteiger charge is -2.04. The quantitative estimate of drug-likeness (QED) is 0.797. The van der Waals surface area contributed by atoms with Crippen LogP contribution in [0, 0.1) is 0 Å². The molecule has 4 nitrogen and oxygen atoms in total. The van der Waals surface area contributed by atoms with Gasteiger partial charge in [0.15, 0.2) is 5.82 Å². The van der Waals surface area contributed by atoms with Gasteiger partial charge in [-0.3, -0.25) is 0 Å². The van der Waals surface area contributed by atoms with E-state index in [0.29, 0.717) is 17.7 Å². The first-order chi connectivity index (χ1) is 7.67. The maximum Gasteiger partial charge on any atom is 0.229 e. The van der Waals surface area contributed by atoms with E-state index in [2.05, 4.69) is 30.9 Å². The van der Waals surface area contributed by atoms with Gasteiger partial charge in [-0.2, -0.15) is 16.7 Å². The van der Waals surface area contributed by atoms with Crippen LogP contribution in [-0.2, 0) is 5.75 Å². The van der Waals surface area contributed by atoms with Gasteiger partial charge in [-0.25, -0.2) is 0 Å². The number of nitrogens with zero attached hydrogens (tertiary/aromatic N) is 2. The SMILES string of the molecule is CCC(C)SCc1noc(C(C)CCN)n1. The van der Waals surface area contributed by atoms with Crippen LogP contribution in [0.2, 0.25) is 0 Å². The van der Waals surface area contributed by atoms with E-state index >= 15 is 0 Å². The average Bonchev–Trinajstić information content (AvgIpc) is 2.75. The minimum absolute atomic E-state index is 0.264. The van der Waals surface area contributed by atoms with Gasteiger partial charge in [-0.15, -0.1) is 0 Å². The second kappa shape index (κ2) is 6.91. The first kappa shape index (κ1) is 13.5. The van der Waals surface area contributed by atoms with Gasteiger partial charge in [-0.05, 0) is 19.4 Å². The van der Waals surface area contributed by atoms with Gasteiger partial charge in [0.25, 0.3) is 0 Å². The molecule has 0 aliphatic carbocycles. The molecule has 0 aliphatic rings. The van der Waals surface area contributed by atoms with Crippen LogP contribution in [0.15, 0.2) is 4.52 Å². The summed E-state index contributed by atoms with van der Waals surface area (Å²) < 4.78 is 5.21. The Morgan fingerprint density at radius 1 is 1.44 bits per heavy atom. The molecular weight excluding hydrogens is 222 g/mol. The summed E-state index contributed by atoms with van der Waals surface area (Å²) in [7, 11) is 0. The molecule has 1 aromatic heterocycles. The van der Waals surface area contributed by atoms with E-state index in [1.54, 1.807) is 0 Å².